The van der Waals surface area contributed by atoms with E-state index in [4.69, 9.17) is 0 Å². The Morgan fingerprint density at radius 3 is 2.60 bits per heavy atom. The second kappa shape index (κ2) is 7.07. The number of amides is 1. The maximum atomic E-state index is 13.1. The van der Waals surface area contributed by atoms with E-state index in [0.29, 0.717) is 4.90 Å². The Bertz CT molecular complexity index is 475. The topological polar surface area (TPSA) is 29.1 Å². The van der Waals surface area contributed by atoms with Crippen LogP contribution in [0.4, 0.5) is 8.78 Å². The van der Waals surface area contributed by atoms with Crippen LogP contribution in [0, 0.1) is 11.6 Å². The summed E-state index contributed by atoms with van der Waals surface area (Å²) in [6, 6.07) is 3.98. The summed E-state index contributed by atoms with van der Waals surface area (Å²) in [5.41, 5.74) is 0. The third-order valence-corrected chi connectivity index (χ3v) is 4.62. The first-order valence-corrected chi connectivity index (χ1v) is 7.86. The van der Waals surface area contributed by atoms with Crippen LogP contribution in [0.1, 0.15) is 39.0 Å². The van der Waals surface area contributed by atoms with Crippen molar-refractivity contribution in [1.82, 2.24) is 5.32 Å². The summed E-state index contributed by atoms with van der Waals surface area (Å²) in [7, 11) is 0. The van der Waals surface area contributed by atoms with Crippen molar-refractivity contribution < 1.29 is 13.6 Å². The summed E-state index contributed by atoms with van der Waals surface area (Å²) < 4.78 is 26.0. The second-order valence-corrected chi connectivity index (χ2v) is 6.59. The smallest absolute Gasteiger partial charge is 0.233 e. The fourth-order valence-corrected chi connectivity index (χ4v) is 3.27. The molecule has 1 aliphatic rings. The molecule has 0 spiro atoms. The monoisotopic (exact) mass is 299 g/mol. The normalized spacial score (nSPS) is 17.8. The van der Waals surface area contributed by atoms with E-state index in [1.165, 1.54) is 24.2 Å². The van der Waals surface area contributed by atoms with Gasteiger partial charge in [0.05, 0.1) is 5.25 Å². The van der Waals surface area contributed by atoms with E-state index in [1.54, 1.807) is 6.92 Å². The molecule has 0 aromatic heterocycles. The average Bonchev–Trinajstić information content (AvgIpc) is 2.44. The van der Waals surface area contributed by atoms with Gasteiger partial charge in [0.15, 0.2) is 11.6 Å². The molecular formula is C15H19F2NOS. The molecule has 1 fully saturated rings. The lowest BCUT2D eigenvalue weighted by Gasteiger charge is -2.24. The van der Waals surface area contributed by atoms with Crippen molar-refractivity contribution in [3.63, 3.8) is 0 Å². The highest BCUT2D eigenvalue weighted by molar-refractivity contribution is 8.00. The zero-order chi connectivity index (χ0) is 14.5. The van der Waals surface area contributed by atoms with E-state index in [1.807, 2.05) is 0 Å². The predicted molar refractivity (Wildman–Crippen MR) is 76.7 cm³/mol. The molecule has 1 amide bonds. The van der Waals surface area contributed by atoms with Crippen molar-refractivity contribution in [2.75, 3.05) is 0 Å². The zero-order valence-electron chi connectivity index (χ0n) is 11.5. The number of thioether (sulfide) groups is 1. The summed E-state index contributed by atoms with van der Waals surface area (Å²) in [5, 5.41) is 2.72. The van der Waals surface area contributed by atoms with Gasteiger partial charge in [0.25, 0.3) is 0 Å². The lowest BCUT2D eigenvalue weighted by molar-refractivity contribution is -0.121. The molecule has 1 aromatic carbocycles. The van der Waals surface area contributed by atoms with Crippen LogP contribution in [0.3, 0.4) is 0 Å². The molecule has 0 bridgehead atoms. The minimum Gasteiger partial charge on any atom is -0.352 e. The van der Waals surface area contributed by atoms with Gasteiger partial charge in [0.2, 0.25) is 5.91 Å². The van der Waals surface area contributed by atoms with Crippen LogP contribution < -0.4 is 5.32 Å². The Hall–Kier alpha value is -1.10. The van der Waals surface area contributed by atoms with Gasteiger partial charge in [-0.05, 0) is 38.0 Å². The number of hydrogen-bond acceptors (Lipinski definition) is 2. The van der Waals surface area contributed by atoms with Crippen molar-refractivity contribution in [3.05, 3.63) is 29.8 Å². The highest BCUT2D eigenvalue weighted by atomic mass is 32.2. The first-order chi connectivity index (χ1) is 9.56. The van der Waals surface area contributed by atoms with E-state index >= 15 is 0 Å². The van der Waals surface area contributed by atoms with Gasteiger partial charge in [-0.3, -0.25) is 4.79 Å². The molecule has 5 heteroatoms. The molecular weight excluding hydrogens is 280 g/mol. The summed E-state index contributed by atoms with van der Waals surface area (Å²) in [4.78, 5) is 12.6. The van der Waals surface area contributed by atoms with Gasteiger partial charge in [-0.15, -0.1) is 11.8 Å². The molecule has 0 radical (unpaired) electrons. The molecule has 1 aliphatic carbocycles. The number of benzene rings is 1. The Morgan fingerprint density at radius 2 is 1.95 bits per heavy atom. The summed E-state index contributed by atoms with van der Waals surface area (Å²) in [5.74, 6) is -1.78. The van der Waals surface area contributed by atoms with E-state index in [2.05, 4.69) is 5.32 Å². The van der Waals surface area contributed by atoms with E-state index in [9.17, 15) is 13.6 Å². The SMILES string of the molecule is CC(Sc1ccc(F)c(F)c1)C(=O)NC1CCCCC1. The van der Waals surface area contributed by atoms with Crippen molar-refractivity contribution in [1.29, 1.82) is 0 Å². The molecule has 0 saturated heterocycles. The van der Waals surface area contributed by atoms with Gasteiger partial charge in [-0.25, -0.2) is 8.78 Å². The molecule has 2 nitrogen and oxygen atoms in total. The minimum absolute atomic E-state index is 0.0355. The maximum absolute atomic E-state index is 13.1. The van der Waals surface area contributed by atoms with E-state index < -0.39 is 11.6 Å². The number of halogens is 2. The molecule has 2 rings (SSSR count). The Labute approximate surface area is 122 Å². The van der Waals surface area contributed by atoms with Gasteiger partial charge in [-0.1, -0.05) is 19.3 Å². The van der Waals surface area contributed by atoms with Crippen molar-refractivity contribution in [3.8, 4) is 0 Å². The standard InChI is InChI=1S/C15H19F2NOS/c1-10(15(19)18-11-5-3-2-4-6-11)20-12-7-8-13(16)14(17)9-12/h7-11H,2-6H2,1H3,(H,18,19). The highest BCUT2D eigenvalue weighted by Gasteiger charge is 2.20. The number of nitrogens with one attached hydrogen (secondary N) is 1. The molecule has 1 saturated carbocycles. The molecule has 20 heavy (non-hydrogen) atoms. The van der Waals surface area contributed by atoms with Crippen LogP contribution in [-0.2, 0) is 4.79 Å². The predicted octanol–water partition coefficient (Wildman–Crippen LogP) is 3.89. The van der Waals surface area contributed by atoms with Crippen LogP contribution in [0.5, 0.6) is 0 Å². The fourth-order valence-electron chi connectivity index (χ4n) is 2.37. The summed E-state index contributed by atoms with van der Waals surface area (Å²) in [6.07, 6.45) is 5.64. The molecule has 0 heterocycles. The largest absolute Gasteiger partial charge is 0.352 e. The van der Waals surface area contributed by atoms with Crippen molar-refractivity contribution in [2.24, 2.45) is 0 Å². The zero-order valence-corrected chi connectivity index (χ0v) is 12.3. The molecule has 1 aromatic rings. The number of hydrogen-bond donors (Lipinski definition) is 1. The Morgan fingerprint density at radius 1 is 1.25 bits per heavy atom. The van der Waals surface area contributed by atoms with Gasteiger partial charge in [0, 0.05) is 10.9 Å². The highest BCUT2D eigenvalue weighted by Crippen LogP contribution is 2.25. The number of carbonyl (C=O) groups is 1. The van der Waals surface area contributed by atoms with E-state index in [0.717, 1.165) is 37.8 Å². The Kier molecular flexibility index (Phi) is 5.40. The first kappa shape index (κ1) is 15.3. The molecule has 1 atom stereocenters. The van der Waals surface area contributed by atoms with Gasteiger partial charge >= 0.3 is 0 Å². The lowest BCUT2D eigenvalue weighted by atomic mass is 9.95. The minimum atomic E-state index is -0.880. The van der Waals surface area contributed by atoms with Crippen LogP contribution >= 0.6 is 11.8 Å². The molecule has 1 unspecified atom stereocenters. The summed E-state index contributed by atoms with van der Waals surface area (Å²) in [6.45, 7) is 1.78. The van der Waals surface area contributed by atoms with Crippen LogP contribution in [0.2, 0.25) is 0 Å². The quantitative estimate of drug-likeness (QED) is 0.855. The first-order valence-electron chi connectivity index (χ1n) is 6.98. The average molecular weight is 299 g/mol. The van der Waals surface area contributed by atoms with Crippen LogP contribution in [0.25, 0.3) is 0 Å². The maximum Gasteiger partial charge on any atom is 0.233 e. The lowest BCUT2D eigenvalue weighted by Crippen LogP contribution is -2.40. The summed E-state index contributed by atoms with van der Waals surface area (Å²) >= 11 is 1.24. The fraction of sp³-hybridized carbons (Fsp3) is 0.533. The van der Waals surface area contributed by atoms with Gasteiger partial charge in [0.1, 0.15) is 0 Å². The molecule has 1 N–H and O–H groups in total. The molecule has 110 valence electrons. The number of rotatable bonds is 4. The van der Waals surface area contributed by atoms with Crippen LogP contribution in [-0.4, -0.2) is 17.2 Å². The van der Waals surface area contributed by atoms with Gasteiger partial charge in [-0.2, -0.15) is 0 Å². The second-order valence-electron chi connectivity index (χ2n) is 5.18. The molecule has 0 aliphatic heterocycles. The number of carbonyl (C=O) groups excluding carboxylic acids is 1. The third-order valence-electron chi connectivity index (χ3n) is 3.52. The van der Waals surface area contributed by atoms with Gasteiger partial charge < -0.3 is 5.32 Å². The van der Waals surface area contributed by atoms with Crippen molar-refractivity contribution >= 4 is 17.7 Å². The van der Waals surface area contributed by atoms with E-state index in [-0.39, 0.29) is 17.2 Å². The van der Waals surface area contributed by atoms with Crippen molar-refractivity contribution in [2.45, 2.75) is 55.2 Å². The van der Waals surface area contributed by atoms with Crippen LogP contribution in [0.15, 0.2) is 23.1 Å². The Balaban J connectivity index is 1.88. The third kappa shape index (κ3) is 4.20.